The molecule has 0 radical (unpaired) electrons. The van der Waals surface area contributed by atoms with E-state index in [-0.39, 0.29) is 6.42 Å². The number of nitrogens with one attached hydrogen (secondary N) is 1. The van der Waals surface area contributed by atoms with E-state index >= 15 is 0 Å². The molecule has 0 atom stereocenters. The van der Waals surface area contributed by atoms with Crippen LogP contribution in [0.3, 0.4) is 0 Å². The maximum Gasteiger partial charge on any atom is 0.412 e. The van der Waals surface area contributed by atoms with Gasteiger partial charge in [-0.25, -0.2) is 0 Å². The lowest BCUT2D eigenvalue weighted by atomic mass is 10.1. The summed E-state index contributed by atoms with van der Waals surface area (Å²) >= 11 is 0. The number of halogens is 3. The van der Waals surface area contributed by atoms with Crippen molar-refractivity contribution in [3.63, 3.8) is 0 Å². The Hall–Kier alpha value is -1.27. The van der Waals surface area contributed by atoms with E-state index in [4.69, 9.17) is 4.42 Å². The fourth-order valence-corrected chi connectivity index (χ4v) is 2.48. The molecule has 0 aromatic carbocycles. The smallest absolute Gasteiger partial charge is 0.412 e. The first-order valence-electron chi connectivity index (χ1n) is 7.29. The molecule has 1 aliphatic carbocycles. The lowest BCUT2D eigenvalue weighted by molar-refractivity contribution is -0.0961. The van der Waals surface area contributed by atoms with Gasteiger partial charge in [0, 0.05) is 36.8 Å². The Labute approximate surface area is 121 Å². The van der Waals surface area contributed by atoms with Crippen molar-refractivity contribution in [3.8, 4) is 0 Å². The predicted molar refractivity (Wildman–Crippen MR) is 72.6 cm³/mol. The molecule has 1 aromatic rings. The van der Waals surface area contributed by atoms with Crippen LogP contribution in [0.15, 0.2) is 28.4 Å². The van der Waals surface area contributed by atoms with Gasteiger partial charge in [-0.15, -0.1) is 0 Å². The van der Waals surface area contributed by atoms with Crippen molar-refractivity contribution in [1.29, 1.82) is 0 Å². The van der Waals surface area contributed by atoms with Crippen molar-refractivity contribution < 1.29 is 17.6 Å². The number of nitrogens with zero attached hydrogens (tertiary/aromatic N) is 1. The van der Waals surface area contributed by atoms with E-state index in [0.29, 0.717) is 25.7 Å². The monoisotopic (exact) mass is 300 g/mol. The van der Waals surface area contributed by atoms with E-state index in [1.807, 2.05) is 11.0 Å². The molecule has 21 heavy (non-hydrogen) atoms. The molecule has 0 saturated heterocycles. The standard InChI is InChI=1S/C15H19F3N2O/c16-15(17,18)12-3-5-20(6-4-12)9-14-7-11(10-21-14)8-19-13-1-2-13/h3,7,10,13,19H,1-2,4-6,8-9H2. The molecular formula is C15H19F3N2O. The highest BCUT2D eigenvalue weighted by molar-refractivity contribution is 5.16. The number of hydrogen-bond donors (Lipinski definition) is 1. The Kier molecular flexibility index (Phi) is 4.08. The minimum atomic E-state index is -4.18. The molecule has 0 unspecified atom stereocenters. The van der Waals surface area contributed by atoms with E-state index in [2.05, 4.69) is 5.32 Å². The topological polar surface area (TPSA) is 28.4 Å². The van der Waals surface area contributed by atoms with Crippen LogP contribution in [0.5, 0.6) is 0 Å². The minimum absolute atomic E-state index is 0.0559. The summed E-state index contributed by atoms with van der Waals surface area (Å²) in [5.41, 5.74) is 0.688. The molecule has 1 saturated carbocycles. The molecule has 2 aliphatic rings. The first-order chi connectivity index (χ1) is 10.0. The second-order valence-electron chi connectivity index (χ2n) is 5.79. The normalized spacial score (nSPS) is 20.6. The quantitative estimate of drug-likeness (QED) is 0.846. The Morgan fingerprint density at radius 2 is 2.14 bits per heavy atom. The van der Waals surface area contributed by atoms with Gasteiger partial charge in [0.1, 0.15) is 5.76 Å². The lowest BCUT2D eigenvalue weighted by Gasteiger charge is -2.26. The Morgan fingerprint density at radius 1 is 1.33 bits per heavy atom. The van der Waals surface area contributed by atoms with Gasteiger partial charge in [-0.05, 0) is 25.3 Å². The zero-order chi connectivity index (χ0) is 14.9. The highest BCUT2D eigenvalue weighted by Gasteiger charge is 2.34. The third-order valence-electron chi connectivity index (χ3n) is 3.92. The molecule has 116 valence electrons. The second-order valence-corrected chi connectivity index (χ2v) is 5.79. The summed E-state index contributed by atoms with van der Waals surface area (Å²) in [4.78, 5) is 1.96. The molecule has 3 rings (SSSR count). The van der Waals surface area contributed by atoms with E-state index in [1.54, 1.807) is 6.26 Å². The third-order valence-corrected chi connectivity index (χ3v) is 3.92. The third kappa shape index (κ3) is 4.11. The summed E-state index contributed by atoms with van der Waals surface area (Å²) in [5, 5.41) is 3.40. The van der Waals surface area contributed by atoms with Crippen molar-refractivity contribution in [2.24, 2.45) is 0 Å². The van der Waals surface area contributed by atoms with E-state index in [1.165, 1.54) is 18.9 Å². The van der Waals surface area contributed by atoms with Crippen molar-refractivity contribution >= 4 is 0 Å². The Balaban J connectivity index is 1.49. The number of hydrogen-bond acceptors (Lipinski definition) is 3. The van der Waals surface area contributed by atoms with Gasteiger partial charge in [0.15, 0.2) is 0 Å². The molecule has 1 aromatic heterocycles. The van der Waals surface area contributed by atoms with Crippen LogP contribution in [0.25, 0.3) is 0 Å². The highest BCUT2D eigenvalue weighted by atomic mass is 19.4. The van der Waals surface area contributed by atoms with Gasteiger partial charge in [-0.2, -0.15) is 13.2 Å². The first kappa shape index (κ1) is 14.7. The summed E-state index contributed by atoms with van der Waals surface area (Å²) in [6.07, 6.45) is 1.37. The van der Waals surface area contributed by atoms with Gasteiger partial charge in [0.25, 0.3) is 0 Å². The summed E-state index contributed by atoms with van der Waals surface area (Å²) in [6.45, 7) is 2.10. The number of alkyl halides is 3. The molecule has 0 amide bonds. The van der Waals surface area contributed by atoms with Gasteiger partial charge in [-0.3, -0.25) is 4.90 Å². The summed E-state index contributed by atoms with van der Waals surface area (Å²) in [5.74, 6) is 0.812. The van der Waals surface area contributed by atoms with Crippen LogP contribution < -0.4 is 5.32 Å². The Morgan fingerprint density at radius 3 is 2.76 bits per heavy atom. The molecular weight excluding hydrogens is 281 g/mol. The predicted octanol–water partition coefficient (Wildman–Crippen LogP) is 3.23. The molecule has 3 nitrogen and oxygen atoms in total. The van der Waals surface area contributed by atoms with Crippen LogP contribution in [0.1, 0.15) is 30.6 Å². The molecule has 0 bridgehead atoms. The summed E-state index contributed by atoms with van der Waals surface area (Å²) in [7, 11) is 0. The van der Waals surface area contributed by atoms with Gasteiger partial charge >= 0.3 is 6.18 Å². The molecule has 1 fully saturated rings. The number of furan rings is 1. The van der Waals surface area contributed by atoms with E-state index in [0.717, 1.165) is 17.9 Å². The lowest BCUT2D eigenvalue weighted by Crippen LogP contribution is -2.31. The van der Waals surface area contributed by atoms with Crippen molar-refractivity contribution in [2.45, 2.75) is 44.6 Å². The fourth-order valence-electron chi connectivity index (χ4n) is 2.48. The zero-order valence-corrected chi connectivity index (χ0v) is 11.7. The molecule has 6 heteroatoms. The van der Waals surface area contributed by atoms with Crippen LogP contribution in [-0.4, -0.2) is 30.2 Å². The zero-order valence-electron chi connectivity index (χ0n) is 11.7. The van der Waals surface area contributed by atoms with Crippen LogP contribution in [0, 0.1) is 0 Å². The maximum atomic E-state index is 12.5. The van der Waals surface area contributed by atoms with Crippen LogP contribution in [-0.2, 0) is 13.1 Å². The highest BCUT2D eigenvalue weighted by Crippen LogP contribution is 2.30. The first-order valence-corrected chi connectivity index (χ1v) is 7.29. The van der Waals surface area contributed by atoms with Crippen molar-refractivity contribution in [1.82, 2.24) is 10.2 Å². The van der Waals surface area contributed by atoms with Gasteiger partial charge in [0.05, 0.1) is 12.8 Å². The molecule has 0 spiro atoms. The van der Waals surface area contributed by atoms with Crippen LogP contribution >= 0.6 is 0 Å². The molecule has 1 aliphatic heterocycles. The van der Waals surface area contributed by atoms with Crippen LogP contribution in [0.4, 0.5) is 13.2 Å². The van der Waals surface area contributed by atoms with Crippen LogP contribution in [0.2, 0.25) is 0 Å². The van der Waals surface area contributed by atoms with E-state index in [9.17, 15) is 13.2 Å². The van der Waals surface area contributed by atoms with E-state index < -0.39 is 11.7 Å². The largest absolute Gasteiger partial charge is 0.468 e. The van der Waals surface area contributed by atoms with Gasteiger partial charge < -0.3 is 9.73 Å². The SMILES string of the molecule is FC(F)(F)C1=CCN(Cc2cc(CNC3CC3)co2)CC1. The average molecular weight is 300 g/mol. The van der Waals surface area contributed by atoms with Crippen molar-refractivity contribution in [3.05, 3.63) is 35.3 Å². The second kappa shape index (κ2) is 5.85. The van der Waals surface area contributed by atoms with Gasteiger partial charge in [-0.1, -0.05) is 6.08 Å². The Bertz CT molecular complexity index is 517. The summed E-state index contributed by atoms with van der Waals surface area (Å²) in [6, 6.07) is 2.63. The molecule has 1 N–H and O–H groups in total. The molecule has 2 heterocycles. The van der Waals surface area contributed by atoms with Gasteiger partial charge in [0.2, 0.25) is 0 Å². The average Bonchev–Trinajstić information content (AvgIpc) is 3.16. The fraction of sp³-hybridized carbons (Fsp3) is 0.600. The number of rotatable bonds is 5. The maximum absolute atomic E-state index is 12.5. The minimum Gasteiger partial charge on any atom is -0.468 e. The summed E-state index contributed by atoms with van der Waals surface area (Å²) < 4.78 is 43.1. The van der Waals surface area contributed by atoms with Crippen molar-refractivity contribution in [2.75, 3.05) is 13.1 Å².